The molecule has 0 spiro atoms. The Bertz CT molecular complexity index is 898. The quantitative estimate of drug-likeness (QED) is 0.646. The molecule has 2 atom stereocenters. The van der Waals surface area contributed by atoms with Crippen molar-refractivity contribution in [3.05, 3.63) is 59.4 Å². The highest BCUT2D eigenvalue weighted by Crippen LogP contribution is 2.33. The molecule has 1 fully saturated rings. The van der Waals surface area contributed by atoms with Crippen LogP contribution in [0.4, 0.5) is 10.1 Å². The smallest absolute Gasteiger partial charge is 0.311 e. The van der Waals surface area contributed by atoms with Gasteiger partial charge in [0.25, 0.3) is 0 Å². The fourth-order valence-electron chi connectivity index (χ4n) is 3.54. The molecule has 2 aromatic carbocycles. The lowest BCUT2D eigenvalue weighted by Gasteiger charge is -2.23. The van der Waals surface area contributed by atoms with E-state index >= 15 is 0 Å². The third-order valence-corrected chi connectivity index (χ3v) is 5.43. The first kappa shape index (κ1) is 20.8. The molecular weight excluding hydrogens is 373 g/mol. The standard InChI is InChI=1S/C23H26FNO4/c1-4-15(2)18-7-5-6-8-20(18)25-13-17(12-22(25)26)23(27)29-14-16-9-10-21(28-3)19(24)11-16/h5-11,15,17H,4,12-14H2,1-3H3/t15-,17+/m0/s1. The molecule has 1 aliphatic rings. The number of para-hydroxylation sites is 1. The predicted octanol–water partition coefficient (Wildman–Crippen LogP) is 4.44. The largest absolute Gasteiger partial charge is 0.494 e. The molecule has 1 saturated heterocycles. The monoisotopic (exact) mass is 399 g/mol. The van der Waals surface area contributed by atoms with Gasteiger partial charge < -0.3 is 14.4 Å². The average molecular weight is 399 g/mol. The summed E-state index contributed by atoms with van der Waals surface area (Å²) < 4.78 is 24.0. The maximum absolute atomic E-state index is 13.8. The van der Waals surface area contributed by atoms with Gasteiger partial charge in [-0.3, -0.25) is 9.59 Å². The van der Waals surface area contributed by atoms with Crippen LogP contribution in [0.15, 0.2) is 42.5 Å². The number of benzene rings is 2. The highest BCUT2D eigenvalue weighted by Gasteiger charge is 2.37. The number of esters is 1. The number of rotatable bonds is 7. The predicted molar refractivity (Wildman–Crippen MR) is 108 cm³/mol. The van der Waals surface area contributed by atoms with E-state index < -0.39 is 17.7 Å². The van der Waals surface area contributed by atoms with Crippen LogP contribution in [-0.2, 0) is 20.9 Å². The number of hydrogen-bond acceptors (Lipinski definition) is 4. The fourth-order valence-corrected chi connectivity index (χ4v) is 3.54. The van der Waals surface area contributed by atoms with Gasteiger partial charge in [-0.05, 0) is 41.7 Å². The minimum atomic E-state index is -0.532. The number of methoxy groups -OCH3 is 1. The van der Waals surface area contributed by atoms with E-state index in [-0.39, 0.29) is 24.7 Å². The van der Waals surface area contributed by atoms with Gasteiger partial charge in [-0.2, -0.15) is 0 Å². The summed E-state index contributed by atoms with van der Waals surface area (Å²) in [4.78, 5) is 26.8. The number of ether oxygens (including phenoxy) is 2. The van der Waals surface area contributed by atoms with Crippen molar-refractivity contribution < 1.29 is 23.5 Å². The zero-order valence-corrected chi connectivity index (χ0v) is 17.0. The van der Waals surface area contributed by atoms with E-state index in [0.717, 1.165) is 17.7 Å². The summed E-state index contributed by atoms with van der Waals surface area (Å²) in [5.41, 5.74) is 2.49. The van der Waals surface area contributed by atoms with Gasteiger partial charge in [-0.1, -0.05) is 38.1 Å². The Balaban J connectivity index is 1.66. The number of halogens is 1. The third kappa shape index (κ3) is 4.58. The number of anilines is 1. The number of nitrogens with zero attached hydrogens (tertiary/aromatic N) is 1. The second-order valence-corrected chi connectivity index (χ2v) is 7.35. The average Bonchev–Trinajstić information content (AvgIpc) is 3.13. The first-order chi connectivity index (χ1) is 13.9. The lowest BCUT2D eigenvalue weighted by atomic mass is 9.96. The molecule has 0 bridgehead atoms. The van der Waals surface area contributed by atoms with Gasteiger partial charge in [0.2, 0.25) is 5.91 Å². The molecule has 0 N–H and O–H groups in total. The van der Waals surface area contributed by atoms with Crippen LogP contribution >= 0.6 is 0 Å². The minimum Gasteiger partial charge on any atom is -0.494 e. The van der Waals surface area contributed by atoms with Crippen molar-refractivity contribution in [1.29, 1.82) is 0 Å². The van der Waals surface area contributed by atoms with Gasteiger partial charge in [0.1, 0.15) is 6.61 Å². The lowest BCUT2D eigenvalue weighted by Crippen LogP contribution is -2.27. The van der Waals surface area contributed by atoms with Crippen LogP contribution in [0.3, 0.4) is 0 Å². The molecule has 5 nitrogen and oxygen atoms in total. The molecule has 1 aliphatic heterocycles. The number of carbonyl (C=O) groups is 2. The highest BCUT2D eigenvalue weighted by atomic mass is 19.1. The SMILES string of the molecule is CC[C@H](C)c1ccccc1N1C[C@H](C(=O)OCc2ccc(OC)c(F)c2)CC1=O. The van der Waals surface area contributed by atoms with E-state index in [0.29, 0.717) is 18.0 Å². The van der Waals surface area contributed by atoms with E-state index in [1.165, 1.54) is 19.2 Å². The fraction of sp³-hybridized carbons (Fsp3) is 0.391. The molecule has 29 heavy (non-hydrogen) atoms. The molecule has 6 heteroatoms. The van der Waals surface area contributed by atoms with Crippen LogP contribution in [0.25, 0.3) is 0 Å². The van der Waals surface area contributed by atoms with Gasteiger partial charge in [-0.25, -0.2) is 4.39 Å². The van der Waals surface area contributed by atoms with E-state index in [2.05, 4.69) is 13.8 Å². The first-order valence-electron chi connectivity index (χ1n) is 9.82. The molecule has 0 unspecified atom stereocenters. The number of hydrogen-bond donors (Lipinski definition) is 0. The Morgan fingerprint density at radius 3 is 2.72 bits per heavy atom. The number of amides is 1. The molecule has 0 aliphatic carbocycles. The van der Waals surface area contributed by atoms with Crippen LogP contribution in [0.5, 0.6) is 5.75 Å². The topological polar surface area (TPSA) is 55.8 Å². The Hall–Kier alpha value is -2.89. The Morgan fingerprint density at radius 1 is 1.28 bits per heavy atom. The number of carbonyl (C=O) groups excluding carboxylic acids is 2. The zero-order chi connectivity index (χ0) is 21.0. The van der Waals surface area contributed by atoms with Gasteiger partial charge in [-0.15, -0.1) is 0 Å². The third-order valence-electron chi connectivity index (χ3n) is 5.43. The van der Waals surface area contributed by atoms with Crippen LogP contribution in [0.2, 0.25) is 0 Å². The van der Waals surface area contributed by atoms with E-state index in [4.69, 9.17) is 9.47 Å². The summed E-state index contributed by atoms with van der Waals surface area (Å²) in [5, 5.41) is 0. The summed E-state index contributed by atoms with van der Waals surface area (Å²) in [7, 11) is 1.39. The second kappa shape index (κ2) is 9.07. The van der Waals surface area contributed by atoms with Crippen molar-refractivity contribution in [3.8, 4) is 5.75 Å². The van der Waals surface area contributed by atoms with Crippen LogP contribution < -0.4 is 9.64 Å². The van der Waals surface area contributed by atoms with Crippen LogP contribution in [0.1, 0.15) is 43.7 Å². The molecular formula is C23H26FNO4. The molecule has 2 aromatic rings. The van der Waals surface area contributed by atoms with E-state index in [1.54, 1.807) is 11.0 Å². The lowest BCUT2D eigenvalue weighted by molar-refractivity contribution is -0.149. The van der Waals surface area contributed by atoms with Crippen molar-refractivity contribution in [2.75, 3.05) is 18.6 Å². The zero-order valence-electron chi connectivity index (χ0n) is 17.0. The van der Waals surface area contributed by atoms with Gasteiger partial charge in [0, 0.05) is 18.7 Å². The Kier molecular flexibility index (Phi) is 6.52. The molecule has 1 heterocycles. The van der Waals surface area contributed by atoms with Crippen LogP contribution in [-0.4, -0.2) is 25.5 Å². The maximum Gasteiger partial charge on any atom is 0.311 e. The summed E-state index contributed by atoms with van der Waals surface area (Å²) in [6, 6.07) is 12.2. The summed E-state index contributed by atoms with van der Waals surface area (Å²) in [6.07, 6.45) is 1.08. The Labute approximate surface area is 170 Å². The van der Waals surface area contributed by atoms with Crippen molar-refractivity contribution in [2.45, 2.75) is 39.2 Å². The van der Waals surface area contributed by atoms with Crippen molar-refractivity contribution in [2.24, 2.45) is 5.92 Å². The minimum absolute atomic E-state index is 0.0477. The summed E-state index contributed by atoms with van der Waals surface area (Å²) in [5.74, 6) is -1.12. The van der Waals surface area contributed by atoms with Crippen molar-refractivity contribution in [1.82, 2.24) is 0 Å². The summed E-state index contributed by atoms with van der Waals surface area (Å²) >= 11 is 0. The maximum atomic E-state index is 13.8. The van der Waals surface area contributed by atoms with E-state index in [9.17, 15) is 14.0 Å². The molecule has 0 saturated carbocycles. The van der Waals surface area contributed by atoms with Gasteiger partial charge in [0.15, 0.2) is 11.6 Å². The van der Waals surface area contributed by atoms with E-state index in [1.807, 2.05) is 24.3 Å². The van der Waals surface area contributed by atoms with Crippen LogP contribution in [0, 0.1) is 11.7 Å². The first-order valence-corrected chi connectivity index (χ1v) is 9.82. The molecule has 0 aromatic heterocycles. The van der Waals surface area contributed by atoms with Gasteiger partial charge in [0.05, 0.1) is 13.0 Å². The normalized spacial score (nSPS) is 17.3. The second-order valence-electron chi connectivity index (χ2n) is 7.35. The molecule has 3 rings (SSSR count). The molecule has 0 radical (unpaired) electrons. The Morgan fingerprint density at radius 2 is 2.03 bits per heavy atom. The van der Waals surface area contributed by atoms with Gasteiger partial charge >= 0.3 is 5.97 Å². The molecule has 1 amide bonds. The van der Waals surface area contributed by atoms with Crippen molar-refractivity contribution in [3.63, 3.8) is 0 Å². The van der Waals surface area contributed by atoms with Crippen molar-refractivity contribution >= 4 is 17.6 Å². The summed E-state index contributed by atoms with van der Waals surface area (Å²) in [6.45, 7) is 4.48. The highest BCUT2D eigenvalue weighted by molar-refractivity contribution is 6.00. The molecule has 154 valence electrons.